The number of carbonyl (C=O) groups is 1. The fourth-order valence-corrected chi connectivity index (χ4v) is 5.86. The monoisotopic (exact) mass is 517 g/mol. The molecule has 3 aromatic carbocycles. The van der Waals surface area contributed by atoms with Crippen molar-refractivity contribution in [2.24, 2.45) is 0 Å². The number of rotatable bonds is 7. The molecule has 8 heteroatoms. The molecule has 0 spiro atoms. The van der Waals surface area contributed by atoms with Crippen LogP contribution in [0, 0.1) is 6.92 Å². The third-order valence-electron chi connectivity index (χ3n) is 6.61. The van der Waals surface area contributed by atoms with E-state index in [4.69, 9.17) is 9.15 Å². The van der Waals surface area contributed by atoms with Gasteiger partial charge in [-0.05, 0) is 74.4 Å². The first-order valence-electron chi connectivity index (χ1n) is 12.2. The van der Waals surface area contributed by atoms with Gasteiger partial charge in [0.25, 0.3) is 0 Å². The van der Waals surface area contributed by atoms with Crippen molar-refractivity contribution in [1.29, 1.82) is 0 Å². The van der Waals surface area contributed by atoms with E-state index in [0.29, 0.717) is 12.0 Å². The Morgan fingerprint density at radius 2 is 1.68 bits per heavy atom. The molecule has 1 aromatic heterocycles. The molecule has 5 rings (SSSR count). The number of nitrogens with one attached hydrogen (secondary N) is 1. The molecule has 0 saturated carbocycles. The molecule has 1 heterocycles. The van der Waals surface area contributed by atoms with Gasteiger partial charge in [0.15, 0.2) is 0 Å². The third kappa shape index (κ3) is 5.50. The van der Waals surface area contributed by atoms with Gasteiger partial charge in [-0.25, -0.2) is 18.0 Å². The Kier molecular flexibility index (Phi) is 6.95. The largest absolute Gasteiger partial charge is 0.425 e. The number of ether oxygens (including phenoxy) is 1. The number of hydrogen-bond donors (Lipinski definition) is 1. The summed E-state index contributed by atoms with van der Waals surface area (Å²) in [6.45, 7) is 1.86. The quantitative estimate of drug-likeness (QED) is 0.220. The molecule has 0 unspecified atom stereocenters. The zero-order chi connectivity index (χ0) is 26.0. The Labute approximate surface area is 215 Å². The van der Waals surface area contributed by atoms with Gasteiger partial charge < -0.3 is 9.15 Å². The Morgan fingerprint density at radius 3 is 2.41 bits per heavy atom. The maximum absolute atomic E-state index is 13.3. The highest BCUT2D eigenvalue weighted by molar-refractivity contribution is 7.89. The Balaban J connectivity index is 1.43. The van der Waals surface area contributed by atoms with E-state index in [0.717, 1.165) is 46.9 Å². The van der Waals surface area contributed by atoms with Crippen LogP contribution in [0.15, 0.2) is 86.9 Å². The number of fused-ring (bicyclic) bond motifs is 3. The molecule has 1 N–H and O–H groups in total. The van der Waals surface area contributed by atoms with Crippen LogP contribution in [-0.4, -0.2) is 20.4 Å². The van der Waals surface area contributed by atoms with E-state index in [2.05, 4.69) is 4.72 Å². The van der Waals surface area contributed by atoms with Crippen LogP contribution in [0.4, 0.5) is 0 Å². The Bertz CT molecular complexity index is 1610. The standard InChI is InChI=1S/C29H27NO6S/c1-19-11-14-22(15-12-19)37(33,34)30-26(17-20-7-3-2-4-8-20)29(32)35-21-13-16-24-23-9-5-6-10-25(23)28(31)36-27(24)18-21/h2-4,7-8,11-16,18,26,30H,5-6,9-10,17H2,1H3/t26-/m0/s1. The molecule has 7 nitrogen and oxygen atoms in total. The van der Waals surface area contributed by atoms with Crippen molar-refractivity contribution in [3.63, 3.8) is 0 Å². The van der Waals surface area contributed by atoms with Crippen molar-refractivity contribution < 1.29 is 22.4 Å². The van der Waals surface area contributed by atoms with E-state index in [-0.39, 0.29) is 22.7 Å². The summed E-state index contributed by atoms with van der Waals surface area (Å²) in [5.41, 5.74) is 3.38. The van der Waals surface area contributed by atoms with Crippen molar-refractivity contribution in [3.05, 3.63) is 105 Å². The van der Waals surface area contributed by atoms with Gasteiger partial charge in [0.1, 0.15) is 17.4 Å². The van der Waals surface area contributed by atoms with Crippen LogP contribution in [0.2, 0.25) is 0 Å². The molecule has 0 saturated heterocycles. The fourth-order valence-electron chi connectivity index (χ4n) is 4.67. The molecule has 4 aromatic rings. The maximum Gasteiger partial charge on any atom is 0.339 e. The molecule has 0 fully saturated rings. The van der Waals surface area contributed by atoms with E-state index in [1.807, 2.05) is 37.3 Å². The maximum atomic E-state index is 13.3. The fraction of sp³-hybridized carbons (Fsp3) is 0.241. The molecule has 37 heavy (non-hydrogen) atoms. The summed E-state index contributed by atoms with van der Waals surface area (Å²) in [4.78, 5) is 25.8. The minimum absolute atomic E-state index is 0.0567. The van der Waals surface area contributed by atoms with Gasteiger partial charge in [0, 0.05) is 17.0 Å². The Morgan fingerprint density at radius 1 is 0.973 bits per heavy atom. The molecular formula is C29H27NO6S. The second-order valence-electron chi connectivity index (χ2n) is 9.31. The lowest BCUT2D eigenvalue weighted by Gasteiger charge is -2.19. The van der Waals surface area contributed by atoms with Gasteiger partial charge >= 0.3 is 11.6 Å². The van der Waals surface area contributed by atoms with Crippen LogP contribution in [0.3, 0.4) is 0 Å². The molecular weight excluding hydrogens is 490 g/mol. The van der Waals surface area contributed by atoms with Crippen LogP contribution >= 0.6 is 0 Å². The van der Waals surface area contributed by atoms with Crippen LogP contribution < -0.4 is 15.1 Å². The van der Waals surface area contributed by atoms with Crippen molar-refractivity contribution in [1.82, 2.24) is 4.72 Å². The molecule has 0 bridgehead atoms. The molecule has 0 radical (unpaired) electrons. The molecule has 0 amide bonds. The highest BCUT2D eigenvalue weighted by atomic mass is 32.2. The van der Waals surface area contributed by atoms with Crippen LogP contribution in [0.5, 0.6) is 5.75 Å². The summed E-state index contributed by atoms with van der Waals surface area (Å²) in [7, 11) is -3.99. The SMILES string of the molecule is Cc1ccc(S(=O)(=O)N[C@@H](Cc2ccccc2)C(=O)Oc2ccc3c4c(c(=O)oc3c2)CCCC4)cc1. The van der Waals surface area contributed by atoms with Gasteiger partial charge in [-0.1, -0.05) is 48.0 Å². The number of sulfonamides is 1. The van der Waals surface area contributed by atoms with Gasteiger partial charge in [-0.15, -0.1) is 0 Å². The summed E-state index contributed by atoms with van der Waals surface area (Å²) < 4.78 is 39.8. The lowest BCUT2D eigenvalue weighted by atomic mass is 9.91. The summed E-state index contributed by atoms with van der Waals surface area (Å²) in [6, 6.07) is 19.2. The average Bonchev–Trinajstić information content (AvgIpc) is 2.89. The second-order valence-corrected chi connectivity index (χ2v) is 11.0. The van der Waals surface area contributed by atoms with Crippen molar-refractivity contribution in [3.8, 4) is 5.75 Å². The third-order valence-corrected chi connectivity index (χ3v) is 8.10. The zero-order valence-electron chi connectivity index (χ0n) is 20.4. The average molecular weight is 518 g/mol. The lowest BCUT2D eigenvalue weighted by Crippen LogP contribution is -2.44. The summed E-state index contributed by atoms with van der Waals surface area (Å²) in [5.74, 6) is -0.594. The molecule has 0 aliphatic heterocycles. The first-order valence-corrected chi connectivity index (χ1v) is 13.7. The molecule has 1 atom stereocenters. The summed E-state index contributed by atoms with van der Waals surface area (Å²) in [5, 5.41) is 0.829. The number of carbonyl (C=O) groups excluding carboxylic acids is 1. The summed E-state index contributed by atoms with van der Waals surface area (Å²) in [6.07, 6.45) is 3.56. The first-order chi connectivity index (χ1) is 17.8. The normalized spacial score (nSPS) is 14.2. The van der Waals surface area contributed by atoms with Crippen LogP contribution in [0.25, 0.3) is 11.0 Å². The van der Waals surface area contributed by atoms with Crippen LogP contribution in [-0.2, 0) is 34.1 Å². The molecule has 1 aliphatic carbocycles. The van der Waals surface area contributed by atoms with E-state index in [1.165, 1.54) is 18.2 Å². The predicted octanol–water partition coefficient (Wildman–Crippen LogP) is 4.48. The highest BCUT2D eigenvalue weighted by Crippen LogP contribution is 2.29. The highest BCUT2D eigenvalue weighted by Gasteiger charge is 2.28. The zero-order valence-corrected chi connectivity index (χ0v) is 21.2. The van der Waals surface area contributed by atoms with E-state index < -0.39 is 22.0 Å². The van der Waals surface area contributed by atoms with E-state index in [1.54, 1.807) is 24.3 Å². The first kappa shape index (κ1) is 24.9. The van der Waals surface area contributed by atoms with Gasteiger partial charge in [0.2, 0.25) is 10.0 Å². The lowest BCUT2D eigenvalue weighted by molar-refractivity contribution is -0.136. The van der Waals surface area contributed by atoms with Crippen LogP contribution in [0.1, 0.15) is 35.1 Å². The minimum Gasteiger partial charge on any atom is -0.425 e. The minimum atomic E-state index is -3.99. The molecule has 1 aliphatic rings. The van der Waals surface area contributed by atoms with E-state index >= 15 is 0 Å². The number of aryl methyl sites for hydroxylation is 2. The van der Waals surface area contributed by atoms with Gasteiger partial charge in [-0.2, -0.15) is 4.72 Å². The van der Waals surface area contributed by atoms with Crippen molar-refractivity contribution in [2.45, 2.75) is 50.0 Å². The summed E-state index contributed by atoms with van der Waals surface area (Å²) >= 11 is 0. The van der Waals surface area contributed by atoms with Crippen molar-refractivity contribution >= 4 is 27.0 Å². The smallest absolute Gasteiger partial charge is 0.339 e. The van der Waals surface area contributed by atoms with Crippen molar-refractivity contribution in [2.75, 3.05) is 0 Å². The number of benzene rings is 3. The van der Waals surface area contributed by atoms with E-state index in [9.17, 15) is 18.0 Å². The Hall–Kier alpha value is -3.75. The predicted molar refractivity (Wildman–Crippen MR) is 140 cm³/mol. The number of esters is 1. The number of hydrogen-bond acceptors (Lipinski definition) is 6. The second kappa shape index (κ2) is 10.3. The topological polar surface area (TPSA) is 103 Å². The van der Waals surface area contributed by atoms with Gasteiger partial charge in [-0.3, -0.25) is 0 Å². The molecule has 190 valence electrons. The van der Waals surface area contributed by atoms with Gasteiger partial charge in [0.05, 0.1) is 4.90 Å².